The molecule has 0 rings (SSSR count). The van der Waals surface area contributed by atoms with Crippen LogP contribution in [0.15, 0.2) is 0 Å². The highest BCUT2D eigenvalue weighted by atomic mass is 16.3. The van der Waals surface area contributed by atoms with Gasteiger partial charge in [0.1, 0.15) is 0 Å². The first-order valence-corrected chi connectivity index (χ1v) is 28.5. The fourth-order valence-electron chi connectivity index (χ4n) is 9.29. The Morgan fingerprint density at radius 1 is 0.267 bits per heavy atom. The molecule has 0 aliphatic carbocycles. The van der Waals surface area contributed by atoms with Gasteiger partial charge < -0.3 is 15.0 Å². The number of unbranched alkanes of at least 4 members (excludes halogenated alkanes) is 45. The number of nitrogens with one attached hydrogen (secondary N) is 1. The quantitative estimate of drug-likeness (QED) is 0.0282. The number of hydrogen-bond acceptors (Lipinski definition) is 2. The van der Waals surface area contributed by atoms with Crippen LogP contribution in [0.3, 0.4) is 0 Å². The van der Waals surface area contributed by atoms with Crippen molar-refractivity contribution >= 4 is 5.90 Å². The van der Waals surface area contributed by atoms with Crippen LogP contribution in [0, 0.1) is 5.41 Å². The lowest BCUT2D eigenvalue weighted by molar-refractivity contribution is -0.890. The van der Waals surface area contributed by atoms with Crippen LogP contribution in [-0.4, -0.2) is 37.6 Å². The van der Waals surface area contributed by atoms with E-state index in [0.717, 1.165) is 12.8 Å². The molecular weight excluding hydrogens is 729 g/mol. The van der Waals surface area contributed by atoms with Gasteiger partial charge in [0.2, 0.25) is 0 Å². The van der Waals surface area contributed by atoms with E-state index in [2.05, 4.69) is 34.9 Å². The van der Waals surface area contributed by atoms with Crippen molar-refractivity contribution in [2.75, 3.05) is 27.2 Å². The minimum absolute atomic E-state index is 0.403. The van der Waals surface area contributed by atoms with Gasteiger partial charge in [0.25, 0.3) is 0 Å². The average molecular weight is 848 g/mol. The minimum Gasteiger partial charge on any atom is -0.862 e. The van der Waals surface area contributed by atoms with E-state index in [4.69, 9.17) is 5.41 Å². The summed E-state index contributed by atoms with van der Waals surface area (Å²) < 4.78 is 1.22. The van der Waals surface area contributed by atoms with Crippen LogP contribution in [0.4, 0.5) is 0 Å². The van der Waals surface area contributed by atoms with E-state index in [1.165, 1.54) is 313 Å². The highest BCUT2D eigenvalue weighted by Gasteiger charge is 2.12. The fraction of sp³-hybridized carbons (Fsp3) is 0.982. The van der Waals surface area contributed by atoms with Gasteiger partial charge in [-0.25, -0.2) is 0 Å². The Balaban J connectivity index is 0. The summed E-state index contributed by atoms with van der Waals surface area (Å²) in [6, 6.07) is 0. The summed E-state index contributed by atoms with van der Waals surface area (Å²) in [5.41, 5.74) is 0. The van der Waals surface area contributed by atoms with E-state index in [1.807, 2.05) is 0 Å². The Hall–Kier alpha value is -0.570. The standard InChI is InChI=1S/C39H82N.C18H37NO/c1-5-7-8-9-10-11-12-13-14-15-16-17-18-19-20-21-22-23-24-25-26-27-28-29-30-31-32-33-34-35-36-37-39-40(3,4)38-6-2;1-2-3-4-5-6-7-8-9-10-11-12-13-14-15-16-17-18(19)20/h5-39H2,1-4H3;2-17H2,1H3,(H2,19,20)/q+1;/p-1. The molecular formula is C57H118N2O. The van der Waals surface area contributed by atoms with Crippen LogP contribution in [-0.2, 0) is 0 Å². The maximum absolute atomic E-state index is 10.4. The predicted octanol–water partition coefficient (Wildman–Crippen LogP) is 19.6. The second-order valence-corrected chi connectivity index (χ2v) is 20.5. The molecule has 0 aliphatic rings. The van der Waals surface area contributed by atoms with Gasteiger partial charge in [-0.1, -0.05) is 303 Å². The van der Waals surface area contributed by atoms with Gasteiger partial charge in [-0.15, -0.1) is 0 Å². The van der Waals surface area contributed by atoms with E-state index >= 15 is 0 Å². The molecule has 60 heavy (non-hydrogen) atoms. The van der Waals surface area contributed by atoms with Gasteiger partial charge in [-0.05, 0) is 38.0 Å². The summed E-state index contributed by atoms with van der Waals surface area (Å²) in [5, 5.41) is 17.3. The van der Waals surface area contributed by atoms with Crippen LogP contribution in [0.5, 0.6) is 0 Å². The molecule has 0 aromatic heterocycles. The van der Waals surface area contributed by atoms with Crippen molar-refractivity contribution in [3.63, 3.8) is 0 Å². The molecule has 0 atom stereocenters. The van der Waals surface area contributed by atoms with Crippen molar-refractivity contribution < 1.29 is 9.59 Å². The highest BCUT2D eigenvalue weighted by Crippen LogP contribution is 2.18. The fourth-order valence-corrected chi connectivity index (χ4v) is 9.29. The molecule has 0 bridgehead atoms. The molecule has 0 unspecified atom stereocenters. The van der Waals surface area contributed by atoms with Crippen molar-refractivity contribution in [1.29, 1.82) is 5.41 Å². The van der Waals surface area contributed by atoms with Crippen LogP contribution < -0.4 is 5.11 Å². The molecule has 0 amide bonds. The lowest BCUT2D eigenvalue weighted by atomic mass is 10.0. The smallest absolute Gasteiger partial charge is 0.0782 e. The van der Waals surface area contributed by atoms with E-state index in [9.17, 15) is 5.11 Å². The molecule has 0 saturated heterocycles. The normalized spacial score (nSPS) is 11.6. The third-order valence-electron chi connectivity index (χ3n) is 13.5. The predicted molar refractivity (Wildman–Crippen MR) is 273 cm³/mol. The summed E-state index contributed by atoms with van der Waals surface area (Å²) in [5.74, 6) is -0.403. The second kappa shape index (κ2) is 54.6. The molecule has 0 fully saturated rings. The SMILES string of the molecule is CCCCCCCCCCCCCCCCCC(=N)[O-].CCCCCCCCCCCCCCCCCCCCCCCCCCCCCCCCCC[N+](C)(C)CCC. The van der Waals surface area contributed by atoms with Crippen molar-refractivity contribution in [2.45, 2.75) is 335 Å². The maximum Gasteiger partial charge on any atom is 0.0782 e. The third-order valence-corrected chi connectivity index (χ3v) is 13.5. The zero-order chi connectivity index (χ0) is 44.1. The Kier molecular flexibility index (Phi) is 55.9. The summed E-state index contributed by atoms with van der Waals surface area (Å²) in [6.45, 7) is 9.59. The second-order valence-electron chi connectivity index (χ2n) is 20.5. The Labute approximate surface area is 382 Å². The van der Waals surface area contributed by atoms with Crippen molar-refractivity contribution in [3.8, 4) is 0 Å². The Bertz CT molecular complexity index is 765. The maximum atomic E-state index is 10.4. The molecule has 3 heteroatoms. The van der Waals surface area contributed by atoms with E-state index in [0.29, 0.717) is 6.42 Å². The van der Waals surface area contributed by atoms with E-state index in [-0.39, 0.29) is 0 Å². The Morgan fingerprint density at radius 3 is 0.633 bits per heavy atom. The van der Waals surface area contributed by atoms with Gasteiger partial charge in [0.15, 0.2) is 0 Å². The third kappa shape index (κ3) is 59.5. The lowest BCUT2D eigenvalue weighted by Crippen LogP contribution is -2.40. The first kappa shape index (κ1) is 61.5. The summed E-state index contributed by atoms with van der Waals surface area (Å²) >= 11 is 0. The number of quaternary nitrogens is 1. The minimum atomic E-state index is -0.403. The van der Waals surface area contributed by atoms with Gasteiger partial charge in [0.05, 0.1) is 27.2 Å². The van der Waals surface area contributed by atoms with E-state index < -0.39 is 5.90 Å². The van der Waals surface area contributed by atoms with Crippen molar-refractivity contribution in [3.05, 3.63) is 0 Å². The first-order valence-electron chi connectivity index (χ1n) is 28.5. The number of nitrogens with zero attached hydrogens (tertiary/aromatic N) is 1. The average Bonchev–Trinajstić information content (AvgIpc) is 3.22. The molecule has 0 aromatic rings. The first-order chi connectivity index (χ1) is 29.4. The monoisotopic (exact) mass is 847 g/mol. The topological polar surface area (TPSA) is 46.9 Å². The van der Waals surface area contributed by atoms with Crippen molar-refractivity contribution in [1.82, 2.24) is 0 Å². The molecule has 0 heterocycles. The number of rotatable bonds is 51. The number of hydrogen-bond donors (Lipinski definition) is 1. The van der Waals surface area contributed by atoms with Crippen LogP contribution in [0.25, 0.3) is 0 Å². The van der Waals surface area contributed by atoms with Gasteiger partial charge >= 0.3 is 0 Å². The van der Waals surface area contributed by atoms with Gasteiger partial charge in [-0.3, -0.25) is 0 Å². The van der Waals surface area contributed by atoms with Crippen molar-refractivity contribution in [2.24, 2.45) is 0 Å². The summed E-state index contributed by atoms with van der Waals surface area (Å²) in [4.78, 5) is 0. The Morgan fingerprint density at radius 2 is 0.450 bits per heavy atom. The van der Waals surface area contributed by atoms with Gasteiger partial charge in [-0.2, -0.15) is 0 Å². The largest absolute Gasteiger partial charge is 0.862 e. The van der Waals surface area contributed by atoms with Gasteiger partial charge in [0, 0.05) is 0 Å². The molecule has 3 nitrogen and oxygen atoms in total. The lowest BCUT2D eigenvalue weighted by Gasteiger charge is -2.29. The molecule has 1 N–H and O–H groups in total. The zero-order valence-corrected chi connectivity index (χ0v) is 42.9. The molecule has 0 aliphatic heterocycles. The molecule has 0 aromatic carbocycles. The van der Waals surface area contributed by atoms with Crippen LogP contribution >= 0.6 is 0 Å². The molecule has 0 saturated carbocycles. The van der Waals surface area contributed by atoms with E-state index in [1.54, 1.807) is 0 Å². The molecule has 0 spiro atoms. The summed E-state index contributed by atoms with van der Waals surface area (Å²) in [7, 11) is 4.79. The molecule has 0 radical (unpaired) electrons. The van der Waals surface area contributed by atoms with Crippen LogP contribution in [0.1, 0.15) is 335 Å². The zero-order valence-electron chi connectivity index (χ0n) is 42.9. The highest BCUT2D eigenvalue weighted by molar-refractivity contribution is 5.67. The summed E-state index contributed by atoms with van der Waals surface area (Å²) in [6.07, 6.45) is 69.2. The van der Waals surface area contributed by atoms with Crippen LogP contribution in [0.2, 0.25) is 0 Å². The molecule has 362 valence electrons.